The van der Waals surface area contributed by atoms with Crippen molar-refractivity contribution in [2.45, 2.75) is 44.0 Å². The Morgan fingerprint density at radius 1 is 1.11 bits per heavy atom. The molecule has 0 saturated carbocycles. The van der Waals surface area contributed by atoms with Gasteiger partial charge in [0.05, 0.1) is 11.5 Å². The van der Waals surface area contributed by atoms with E-state index in [0.717, 1.165) is 13.1 Å². The highest BCUT2D eigenvalue weighted by Gasteiger charge is 2.25. The zero-order valence-corrected chi connectivity index (χ0v) is 18.3. The predicted molar refractivity (Wildman–Crippen MR) is 114 cm³/mol. The smallest absolute Gasteiger partial charge is 0.240 e. The molecule has 1 aliphatic heterocycles. The van der Waals surface area contributed by atoms with Crippen LogP contribution in [-0.4, -0.2) is 39.6 Å². The molecule has 2 heterocycles. The van der Waals surface area contributed by atoms with Crippen molar-refractivity contribution in [2.75, 3.05) is 26.2 Å². The highest BCUT2D eigenvalue weighted by Crippen LogP contribution is 2.26. The molecule has 0 aliphatic carbocycles. The van der Waals surface area contributed by atoms with Crippen LogP contribution in [0.2, 0.25) is 0 Å². The van der Waals surface area contributed by atoms with Crippen molar-refractivity contribution in [1.29, 1.82) is 0 Å². The van der Waals surface area contributed by atoms with Crippen LogP contribution < -0.4 is 9.46 Å². The van der Waals surface area contributed by atoms with Crippen LogP contribution in [0.5, 0.6) is 5.75 Å². The van der Waals surface area contributed by atoms with Gasteiger partial charge in [0.15, 0.2) is 0 Å². The van der Waals surface area contributed by atoms with Crippen LogP contribution >= 0.6 is 11.3 Å². The van der Waals surface area contributed by atoms with Crippen molar-refractivity contribution in [3.05, 3.63) is 46.7 Å². The van der Waals surface area contributed by atoms with E-state index in [4.69, 9.17) is 4.74 Å². The quantitative estimate of drug-likeness (QED) is 0.655. The molecule has 3 rings (SSSR count). The average molecular weight is 423 g/mol. The lowest BCUT2D eigenvalue weighted by Crippen LogP contribution is -2.40. The molecular formula is C21H30N2O3S2. The number of hydrogen-bond donors (Lipinski definition) is 1. The first kappa shape index (κ1) is 21.3. The summed E-state index contributed by atoms with van der Waals surface area (Å²) in [5, 5.41) is 4.17. The summed E-state index contributed by atoms with van der Waals surface area (Å²) in [6, 6.07) is 8.83. The molecular weight excluding hydrogens is 392 g/mol. The monoisotopic (exact) mass is 422 g/mol. The summed E-state index contributed by atoms with van der Waals surface area (Å²) in [4.78, 5) is 2.67. The summed E-state index contributed by atoms with van der Waals surface area (Å²) in [7, 11) is -3.56. The number of benzene rings is 1. The fraction of sp³-hybridized carbons (Fsp3) is 0.524. The van der Waals surface area contributed by atoms with E-state index >= 15 is 0 Å². The summed E-state index contributed by atoms with van der Waals surface area (Å²) >= 11 is 1.65. The lowest BCUT2D eigenvalue weighted by atomic mass is 10.0. The molecule has 0 amide bonds. The number of rotatable bonds is 9. The van der Waals surface area contributed by atoms with Gasteiger partial charge >= 0.3 is 0 Å². The van der Waals surface area contributed by atoms with Gasteiger partial charge in [0.1, 0.15) is 5.75 Å². The Balaban J connectivity index is 1.66. The Morgan fingerprint density at radius 2 is 1.82 bits per heavy atom. The second-order valence-electron chi connectivity index (χ2n) is 7.70. The number of nitrogens with zero attached hydrogens (tertiary/aromatic N) is 1. The van der Waals surface area contributed by atoms with Gasteiger partial charge in [-0.2, -0.15) is 11.3 Å². The lowest BCUT2D eigenvalue weighted by molar-refractivity contribution is 0.165. The Hall–Kier alpha value is -1.41. The highest BCUT2D eigenvalue weighted by molar-refractivity contribution is 7.89. The molecule has 1 N–H and O–H groups in total. The van der Waals surface area contributed by atoms with E-state index in [1.165, 1.54) is 24.8 Å². The second-order valence-corrected chi connectivity index (χ2v) is 10.2. The Bertz CT molecular complexity index is 812. The second kappa shape index (κ2) is 9.87. The number of piperidine rings is 1. The molecule has 1 unspecified atom stereocenters. The summed E-state index contributed by atoms with van der Waals surface area (Å²) in [5.41, 5.74) is 1.19. The maximum atomic E-state index is 12.8. The third-order valence-corrected chi connectivity index (χ3v) is 7.08. The van der Waals surface area contributed by atoms with Crippen LogP contribution in [0.1, 0.15) is 44.7 Å². The maximum absolute atomic E-state index is 12.8. The van der Waals surface area contributed by atoms with Crippen molar-refractivity contribution < 1.29 is 13.2 Å². The molecule has 1 atom stereocenters. The fourth-order valence-electron chi connectivity index (χ4n) is 3.40. The Labute approximate surface area is 172 Å². The number of hydrogen-bond acceptors (Lipinski definition) is 5. The first-order valence-electron chi connectivity index (χ1n) is 9.94. The molecule has 1 aliphatic rings. The first-order chi connectivity index (χ1) is 13.5. The highest BCUT2D eigenvalue weighted by atomic mass is 32.2. The van der Waals surface area contributed by atoms with Gasteiger partial charge in [-0.3, -0.25) is 4.90 Å². The van der Waals surface area contributed by atoms with E-state index in [1.54, 1.807) is 35.6 Å². The standard InChI is InChI=1S/C21H30N2O3S2/c1-17(2)15-26-19-6-8-20(9-7-19)28(24,25)22-14-21(18-10-13-27-16-18)23-11-4-3-5-12-23/h6-10,13,16-17,21-22H,3-5,11-12,14-15H2,1-2H3. The molecule has 1 fully saturated rings. The van der Waals surface area contributed by atoms with Gasteiger partial charge in [0, 0.05) is 12.6 Å². The van der Waals surface area contributed by atoms with Crippen molar-refractivity contribution in [2.24, 2.45) is 5.92 Å². The van der Waals surface area contributed by atoms with Crippen LogP contribution in [-0.2, 0) is 10.0 Å². The Morgan fingerprint density at radius 3 is 2.43 bits per heavy atom. The molecule has 1 aromatic carbocycles. The largest absolute Gasteiger partial charge is 0.493 e. The number of likely N-dealkylation sites (tertiary alicyclic amines) is 1. The molecule has 1 saturated heterocycles. The third kappa shape index (κ3) is 5.80. The van der Waals surface area contributed by atoms with Crippen LogP contribution in [0.3, 0.4) is 0 Å². The molecule has 154 valence electrons. The maximum Gasteiger partial charge on any atom is 0.240 e. The van der Waals surface area contributed by atoms with E-state index in [-0.39, 0.29) is 10.9 Å². The predicted octanol–water partition coefficient (Wildman–Crippen LogP) is 4.29. The lowest BCUT2D eigenvalue weighted by Gasteiger charge is -2.34. The van der Waals surface area contributed by atoms with E-state index in [0.29, 0.717) is 24.8 Å². The van der Waals surface area contributed by atoms with E-state index in [1.807, 2.05) is 0 Å². The van der Waals surface area contributed by atoms with Gasteiger partial charge in [0.2, 0.25) is 10.0 Å². The molecule has 7 heteroatoms. The number of ether oxygens (including phenoxy) is 1. The molecule has 0 spiro atoms. The zero-order valence-electron chi connectivity index (χ0n) is 16.6. The van der Waals surface area contributed by atoms with Crippen LogP contribution in [0.15, 0.2) is 46.0 Å². The minimum Gasteiger partial charge on any atom is -0.493 e. The minimum atomic E-state index is -3.56. The van der Waals surface area contributed by atoms with E-state index in [9.17, 15) is 8.42 Å². The molecule has 1 aromatic heterocycles. The minimum absolute atomic E-state index is 0.0787. The first-order valence-corrected chi connectivity index (χ1v) is 12.4. The normalized spacial score (nSPS) is 17.0. The van der Waals surface area contributed by atoms with Gasteiger partial charge < -0.3 is 4.74 Å². The van der Waals surface area contributed by atoms with Gasteiger partial charge in [-0.25, -0.2) is 13.1 Å². The number of thiophene rings is 1. The fourth-order valence-corrected chi connectivity index (χ4v) is 5.15. The number of sulfonamides is 1. The molecule has 0 bridgehead atoms. The van der Waals surface area contributed by atoms with Crippen LogP contribution in [0, 0.1) is 5.92 Å². The summed E-state index contributed by atoms with van der Waals surface area (Å²) < 4.78 is 34.1. The van der Waals surface area contributed by atoms with E-state index < -0.39 is 10.0 Å². The zero-order chi connectivity index (χ0) is 20.0. The third-order valence-electron chi connectivity index (χ3n) is 4.94. The summed E-state index contributed by atoms with van der Waals surface area (Å²) in [6.07, 6.45) is 3.60. The van der Waals surface area contributed by atoms with Gasteiger partial charge in [-0.15, -0.1) is 0 Å². The van der Waals surface area contributed by atoms with E-state index in [2.05, 4.69) is 40.3 Å². The van der Waals surface area contributed by atoms with Crippen LogP contribution in [0.25, 0.3) is 0 Å². The van der Waals surface area contributed by atoms with Gasteiger partial charge in [-0.05, 0) is 78.5 Å². The van der Waals surface area contributed by atoms with Crippen molar-refractivity contribution >= 4 is 21.4 Å². The Kier molecular flexibility index (Phi) is 7.51. The number of nitrogens with one attached hydrogen (secondary N) is 1. The topological polar surface area (TPSA) is 58.6 Å². The van der Waals surface area contributed by atoms with Gasteiger partial charge in [-0.1, -0.05) is 20.3 Å². The van der Waals surface area contributed by atoms with Crippen molar-refractivity contribution in [1.82, 2.24) is 9.62 Å². The van der Waals surface area contributed by atoms with Gasteiger partial charge in [0.25, 0.3) is 0 Å². The summed E-state index contributed by atoms with van der Waals surface area (Å²) in [6.45, 7) is 7.19. The average Bonchev–Trinajstić information content (AvgIpc) is 3.22. The van der Waals surface area contributed by atoms with Crippen molar-refractivity contribution in [3.8, 4) is 5.75 Å². The molecule has 0 radical (unpaired) electrons. The molecule has 2 aromatic rings. The SMILES string of the molecule is CC(C)COc1ccc(S(=O)(=O)NCC(c2ccsc2)N2CCCCC2)cc1. The molecule has 5 nitrogen and oxygen atoms in total. The molecule has 28 heavy (non-hydrogen) atoms. The summed E-state index contributed by atoms with van der Waals surface area (Å²) in [5.74, 6) is 1.12. The van der Waals surface area contributed by atoms with Crippen LogP contribution in [0.4, 0.5) is 0 Å². The van der Waals surface area contributed by atoms with Crippen molar-refractivity contribution in [3.63, 3.8) is 0 Å².